The molecule has 1 aliphatic heterocycles. The summed E-state index contributed by atoms with van der Waals surface area (Å²) < 4.78 is 13.3. The van der Waals surface area contributed by atoms with Crippen LogP contribution in [0.25, 0.3) is 0 Å². The van der Waals surface area contributed by atoms with Crippen LogP contribution in [0.15, 0.2) is 48.8 Å². The monoisotopic (exact) mass is 384 g/mol. The van der Waals surface area contributed by atoms with Gasteiger partial charge in [-0.05, 0) is 48.2 Å². The Hall–Kier alpha value is -3.29. The zero-order valence-electron chi connectivity index (χ0n) is 15.2. The Labute approximate surface area is 161 Å². The minimum Gasteiger partial charge on any atom is -0.356 e. The van der Waals surface area contributed by atoms with Crippen LogP contribution in [0.4, 0.5) is 9.18 Å². The zero-order valence-corrected chi connectivity index (χ0v) is 15.2. The first kappa shape index (κ1) is 19.5. The van der Waals surface area contributed by atoms with Crippen LogP contribution in [0.2, 0.25) is 0 Å². The third kappa shape index (κ3) is 5.12. The van der Waals surface area contributed by atoms with E-state index in [-0.39, 0.29) is 25.3 Å². The average molecular weight is 384 g/mol. The number of carbonyl (C=O) groups excluding carboxylic acids is 3. The Balaban J connectivity index is 1.44. The third-order valence-corrected chi connectivity index (χ3v) is 4.48. The van der Waals surface area contributed by atoms with Gasteiger partial charge in [0, 0.05) is 25.4 Å². The lowest BCUT2D eigenvalue weighted by Gasteiger charge is -2.13. The van der Waals surface area contributed by atoms with Crippen molar-refractivity contribution in [3.63, 3.8) is 0 Å². The first-order chi connectivity index (χ1) is 13.5. The summed E-state index contributed by atoms with van der Waals surface area (Å²) in [5.74, 6) is -1.01. The molecule has 1 fully saturated rings. The van der Waals surface area contributed by atoms with Gasteiger partial charge in [0.15, 0.2) is 0 Å². The van der Waals surface area contributed by atoms with Crippen molar-refractivity contribution in [2.45, 2.75) is 31.8 Å². The summed E-state index contributed by atoms with van der Waals surface area (Å²) in [6, 6.07) is 8.24. The highest BCUT2D eigenvalue weighted by Gasteiger charge is 2.37. The molecule has 28 heavy (non-hydrogen) atoms. The fraction of sp³-hybridized carbons (Fsp3) is 0.300. The van der Waals surface area contributed by atoms with E-state index >= 15 is 0 Å². The van der Waals surface area contributed by atoms with Crippen LogP contribution in [0.1, 0.15) is 24.0 Å². The minimum absolute atomic E-state index is 0.00292. The molecule has 4 amide bonds. The number of hydrogen-bond acceptors (Lipinski definition) is 4. The molecule has 8 heteroatoms. The van der Waals surface area contributed by atoms with E-state index in [1.165, 1.54) is 18.2 Å². The highest BCUT2D eigenvalue weighted by molar-refractivity contribution is 6.04. The van der Waals surface area contributed by atoms with E-state index < -0.39 is 23.8 Å². The molecular weight excluding hydrogens is 363 g/mol. The van der Waals surface area contributed by atoms with Crippen LogP contribution in [-0.2, 0) is 22.6 Å². The van der Waals surface area contributed by atoms with Crippen molar-refractivity contribution in [2.75, 3.05) is 6.54 Å². The van der Waals surface area contributed by atoms with E-state index in [2.05, 4.69) is 15.6 Å². The van der Waals surface area contributed by atoms with Crippen molar-refractivity contribution >= 4 is 17.8 Å². The van der Waals surface area contributed by atoms with Crippen molar-refractivity contribution in [2.24, 2.45) is 0 Å². The molecule has 2 N–H and O–H groups in total. The number of hydrogen-bond donors (Lipinski definition) is 2. The molecule has 0 radical (unpaired) electrons. The van der Waals surface area contributed by atoms with Crippen LogP contribution in [0, 0.1) is 5.82 Å². The molecule has 0 unspecified atom stereocenters. The molecule has 0 bridgehead atoms. The zero-order chi connectivity index (χ0) is 19.9. The van der Waals surface area contributed by atoms with Crippen LogP contribution in [-0.4, -0.2) is 40.3 Å². The number of carbonyl (C=O) groups is 3. The molecular formula is C20H21FN4O3. The second kappa shape index (κ2) is 9.07. The van der Waals surface area contributed by atoms with Crippen LogP contribution < -0.4 is 10.6 Å². The van der Waals surface area contributed by atoms with Crippen LogP contribution in [0.3, 0.4) is 0 Å². The van der Waals surface area contributed by atoms with E-state index in [9.17, 15) is 18.8 Å². The standard InChI is InChI=1S/C20H21FN4O3/c21-16-3-1-2-15(12-16)13-25-19(27)17(24-20(25)28)4-5-18(26)23-11-8-14-6-9-22-10-7-14/h1-3,6-7,9-10,12,17H,4-5,8,11,13H2,(H,23,26)(H,24,28)/t17-/m1/s1. The second-order valence-electron chi connectivity index (χ2n) is 6.55. The first-order valence-corrected chi connectivity index (χ1v) is 9.05. The average Bonchev–Trinajstić information content (AvgIpc) is 2.95. The molecule has 2 aromatic rings. The predicted molar refractivity (Wildman–Crippen MR) is 99.5 cm³/mol. The number of pyridine rings is 1. The van der Waals surface area contributed by atoms with Gasteiger partial charge in [0.25, 0.3) is 5.91 Å². The number of benzene rings is 1. The van der Waals surface area contributed by atoms with Gasteiger partial charge in [-0.15, -0.1) is 0 Å². The molecule has 0 spiro atoms. The summed E-state index contributed by atoms with van der Waals surface area (Å²) in [7, 11) is 0. The summed E-state index contributed by atoms with van der Waals surface area (Å²) in [6.07, 6.45) is 4.42. The smallest absolute Gasteiger partial charge is 0.325 e. The summed E-state index contributed by atoms with van der Waals surface area (Å²) >= 11 is 0. The normalized spacial score (nSPS) is 16.2. The molecule has 1 aromatic heterocycles. The predicted octanol–water partition coefficient (Wildman–Crippen LogP) is 1.78. The van der Waals surface area contributed by atoms with Crippen molar-refractivity contribution in [3.05, 3.63) is 65.7 Å². The van der Waals surface area contributed by atoms with Crippen molar-refractivity contribution in [1.82, 2.24) is 20.5 Å². The third-order valence-electron chi connectivity index (χ3n) is 4.48. The number of amides is 4. The fourth-order valence-corrected chi connectivity index (χ4v) is 3.00. The van der Waals surface area contributed by atoms with Gasteiger partial charge in [-0.2, -0.15) is 0 Å². The second-order valence-corrected chi connectivity index (χ2v) is 6.55. The van der Waals surface area contributed by atoms with E-state index in [1.807, 2.05) is 12.1 Å². The van der Waals surface area contributed by atoms with Gasteiger partial charge in [0.2, 0.25) is 5.91 Å². The summed E-state index contributed by atoms with van der Waals surface area (Å²) in [5.41, 5.74) is 1.60. The number of urea groups is 1. The quantitative estimate of drug-likeness (QED) is 0.679. The van der Waals surface area contributed by atoms with Crippen LogP contribution in [0.5, 0.6) is 0 Å². The van der Waals surface area contributed by atoms with Crippen molar-refractivity contribution in [1.29, 1.82) is 0 Å². The van der Waals surface area contributed by atoms with Gasteiger partial charge in [-0.3, -0.25) is 19.5 Å². The van der Waals surface area contributed by atoms with Gasteiger partial charge < -0.3 is 10.6 Å². The largest absolute Gasteiger partial charge is 0.356 e. The van der Waals surface area contributed by atoms with Gasteiger partial charge in [-0.1, -0.05) is 12.1 Å². The lowest BCUT2D eigenvalue weighted by atomic mass is 10.1. The Morgan fingerprint density at radius 2 is 1.96 bits per heavy atom. The molecule has 7 nitrogen and oxygen atoms in total. The Bertz CT molecular complexity index is 860. The highest BCUT2D eigenvalue weighted by Crippen LogP contribution is 2.15. The molecule has 0 saturated carbocycles. The molecule has 3 rings (SSSR count). The van der Waals surface area contributed by atoms with Gasteiger partial charge in [-0.25, -0.2) is 9.18 Å². The SMILES string of the molecule is O=C(CC[C@H]1NC(=O)N(Cc2cccc(F)c2)C1=O)NCCc1ccncc1. The van der Waals surface area contributed by atoms with E-state index in [0.717, 1.165) is 10.5 Å². The number of halogens is 1. The lowest BCUT2D eigenvalue weighted by molar-refractivity contribution is -0.128. The maximum Gasteiger partial charge on any atom is 0.325 e. The van der Waals surface area contributed by atoms with E-state index in [0.29, 0.717) is 18.5 Å². The summed E-state index contributed by atoms with van der Waals surface area (Å²) in [5, 5.41) is 5.38. The fourth-order valence-electron chi connectivity index (χ4n) is 3.00. The molecule has 146 valence electrons. The van der Waals surface area contributed by atoms with Gasteiger partial charge in [0.05, 0.1) is 6.54 Å². The van der Waals surface area contributed by atoms with Crippen molar-refractivity contribution < 1.29 is 18.8 Å². The lowest BCUT2D eigenvalue weighted by Crippen LogP contribution is -2.33. The number of aromatic nitrogens is 1. The summed E-state index contributed by atoms with van der Waals surface area (Å²) in [4.78, 5) is 41.4. The Kier molecular flexibility index (Phi) is 6.31. The molecule has 1 saturated heterocycles. The van der Waals surface area contributed by atoms with Gasteiger partial charge in [0.1, 0.15) is 11.9 Å². The Morgan fingerprint density at radius 1 is 1.18 bits per heavy atom. The maximum atomic E-state index is 13.3. The maximum absolute atomic E-state index is 13.3. The van der Waals surface area contributed by atoms with E-state index in [1.54, 1.807) is 18.5 Å². The van der Waals surface area contributed by atoms with Crippen molar-refractivity contribution in [3.8, 4) is 0 Å². The topological polar surface area (TPSA) is 91.4 Å². The van der Waals surface area contributed by atoms with Crippen LogP contribution >= 0.6 is 0 Å². The Morgan fingerprint density at radius 3 is 2.71 bits per heavy atom. The first-order valence-electron chi connectivity index (χ1n) is 9.05. The highest BCUT2D eigenvalue weighted by atomic mass is 19.1. The minimum atomic E-state index is -0.744. The molecule has 1 aliphatic rings. The molecule has 1 atom stereocenters. The number of imide groups is 1. The van der Waals surface area contributed by atoms with E-state index in [4.69, 9.17) is 0 Å². The number of nitrogens with zero attached hydrogens (tertiary/aromatic N) is 2. The van der Waals surface area contributed by atoms with Gasteiger partial charge >= 0.3 is 6.03 Å². The number of rotatable bonds is 8. The summed E-state index contributed by atoms with van der Waals surface area (Å²) in [6.45, 7) is 0.483. The molecule has 2 heterocycles. The number of nitrogens with one attached hydrogen (secondary N) is 2. The molecule has 1 aromatic carbocycles. The molecule has 0 aliphatic carbocycles.